The van der Waals surface area contributed by atoms with Gasteiger partial charge in [-0.3, -0.25) is 9.59 Å². The summed E-state index contributed by atoms with van der Waals surface area (Å²) in [6, 6.07) is 9.27. The molecule has 0 fully saturated rings. The third kappa shape index (κ3) is 5.03. The van der Waals surface area contributed by atoms with Crippen molar-refractivity contribution in [3.8, 4) is 0 Å². The smallest absolute Gasteiger partial charge is 0.325 e. The highest BCUT2D eigenvalue weighted by Crippen LogP contribution is 2.24. The number of carboxylic acids is 1. The summed E-state index contributed by atoms with van der Waals surface area (Å²) in [6.07, 6.45) is 2.54. The average molecular weight is 277 g/mol. The van der Waals surface area contributed by atoms with E-state index >= 15 is 0 Å². The van der Waals surface area contributed by atoms with E-state index in [0.717, 1.165) is 19.3 Å². The minimum atomic E-state index is -1.02. The van der Waals surface area contributed by atoms with Gasteiger partial charge in [-0.05, 0) is 31.7 Å². The Kier molecular flexibility index (Phi) is 5.74. The van der Waals surface area contributed by atoms with Crippen LogP contribution in [0.1, 0.15) is 39.2 Å². The number of carbonyl (C=O) groups is 2. The van der Waals surface area contributed by atoms with Crippen LogP contribution in [0.4, 0.5) is 0 Å². The molecule has 0 bridgehead atoms. The Bertz CT molecular complexity index is 454. The van der Waals surface area contributed by atoms with Crippen LogP contribution < -0.4 is 5.32 Å². The predicted octanol–water partition coefficient (Wildman–Crippen LogP) is 2.62. The number of amides is 1. The van der Waals surface area contributed by atoms with Gasteiger partial charge in [0.25, 0.3) is 0 Å². The summed E-state index contributed by atoms with van der Waals surface area (Å²) in [5.74, 6) is -1.22. The highest BCUT2D eigenvalue weighted by atomic mass is 16.4. The van der Waals surface area contributed by atoms with E-state index in [1.807, 2.05) is 32.0 Å². The molecule has 110 valence electrons. The van der Waals surface area contributed by atoms with E-state index < -0.39 is 17.4 Å². The normalized spacial score (nSPS) is 12.8. The van der Waals surface area contributed by atoms with Gasteiger partial charge >= 0.3 is 5.97 Å². The summed E-state index contributed by atoms with van der Waals surface area (Å²) < 4.78 is 0. The molecule has 0 spiro atoms. The maximum atomic E-state index is 12.0. The van der Waals surface area contributed by atoms with E-state index in [0.29, 0.717) is 0 Å². The van der Waals surface area contributed by atoms with Crippen LogP contribution in [0.15, 0.2) is 30.3 Å². The van der Waals surface area contributed by atoms with Gasteiger partial charge in [-0.15, -0.1) is 0 Å². The second-order valence-corrected chi connectivity index (χ2v) is 5.76. The van der Waals surface area contributed by atoms with Crippen LogP contribution in [0.5, 0.6) is 0 Å². The Morgan fingerprint density at radius 1 is 1.25 bits per heavy atom. The van der Waals surface area contributed by atoms with Gasteiger partial charge in [0, 0.05) is 5.41 Å². The fourth-order valence-electron chi connectivity index (χ4n) is 1.95. The van der Waals surface area contributed by atoms with Crippen LogP contribution in [0, 0.1) is 5.41 Å². The van der Waals surface area contributed by atoms with Crippen LogP contribution in [-0.2, 0) is 16.0 Å². The van der Waals surface area contributed by atoms with Crippen molar-refractivity contribution in [3.05, 3.63) is 35.9 Å². The molecule has 1 rings (SSSR count). The number of hydrogen-bond donors (Lipinski definition) is 2. The summed E-state index contributed by atoms with van der Waals surface area (Å²) in [5, 5.41) is 11.3. The molecular formula is C16H23NO3. The van der Waals surface area contributed by atoms with Gasteiger partial charge in [-0.25, -0.2) is 0 Å². The molecule has 0 heterocycles. The molecule has 1 amide bonds. The standard InChI is InChI=1S/C16H23NO3/c1-12(14(18)19)17-15(20)16(2,3)11-7-10-13-8-5-4-6-9-13/h4-6,8-9,12H,7,10-11H2,1-3H3,(H,17,20)(H,18,19)/t12-/m1/s1. The molecule has 1 aromatic carbocycles. The third-order valence-corrected chi connectivity index (χ3v) is 3.44. The molecule has 4 heteroatoms. The molecule has 0 aliphatic heterocycles. The molecule has 0 saturated carbocycles. The number of aliphatic carboxylic acids is 1. The number of nitrogens with one attached hydrogen (secondary N) is 1. The van der Waals surface area contributed by atoms with Crippen molar-refractivity contribution in [2.75, 3.05) is 0 Å². The first kappa shape index (κ1) is 16.2. The minimum absolute atomic E-state index is 0.208. The van der Waals surface area contributed by atoms with Crippen LogP contribution in [0.3, 0.4) is 0 Å². The number of benzene rings is 1. The van der Waals surface area contributed by atoms with E-state index in [4.69, 9.17) is 5.11 Å². The van der Waals surface area contributed by atoms with Crippen molar-refractivity contribution >= 4 is 11.9 Å². The van der Waals surface area contributed by atoms with Gasteiger partial charge in [0.05, 0.1) is 0 Å². The monoisotopic (exact) mass is 277 g/mol. The summed E-state index contributed by atoms with van der Waals surface area (Å²) in [4.78, 5) is 22.8. The van der Waals surface area contributed by atoms with Gasteiger partial charge in [-0.1, -0.05) is 44.2 Å². The predicted molar refractivity (Wildman–Crippen MR) is 78.4 cm³/mol. The average Bonchev–Trinajstić information content (AvgIpc) is 2.39. The molecule has 1 aromatic rings. The SMILES string of the molecule is C[C@@H](NC(=O)C(C)(C)CCCc1ccccc1)C(=O)O. The van der Waals surface area contributed by atoms with Gasteiger partial charge in [0.2, 0.25) is 5.91 Å². The number of hydrogen-bond acceptors (Lipinski definition) is 2. The maximum Gasteiger partial charge on any atom is 0.325 e. The van der Waals surface area contributed by atoms with Crippen molar-refractivity contribution in [2.24, 2.45) is 5.41 Å². The molecule has 2 N–H and O–H groups in total. The highest BCUT2D eigenvalue weighted by Gasteiger charge is 2.29. The molecule has 0 aliphatic carbocycles. The summed E-state index contributed by atoms with van der Waals surface area (Å²) in [7, 11) is 0. The zero-order valence-corrected chi connectivity index (χ0v) is 12.3. The molecule has 0 aromatic heterocycles. The largest absolute Gasteiger partial charge is 0.480 e. The maximum absolute atomic E-state index is 12.0. The van der Waals surface area contributed by atoms with E-state index in [2.05, 4.69) is 17.4 Å². The van der Waals surface area contributed by atoms with Crippen molar-refractivity contribution < 1.29 is 14.7 Å². The zero-order valence-electron chi connectivity index (χ0n) is 12.3. The lowest BCUT2D eigenvalue weighted by Crippen LogP contribution is -2.45. The van der Waals surface area contributed by atoms with Crippen LogP contribution in [0.2, 0.25) is 0 Å². The summed E-state index contributed by atoms with van der Waals surface area (Å²) in [6.45, 7) is 5.17. The van der Waals surface area contributed by atoms with E-state index in [-0.39, 0.29) is 5.91 Å². The topological polar surface area (TPSA) is 66.4 Å². The van der Waals surface area contributed by atoms with Crippen molar-refractivity contribution in [1.82, 2.24) is 5.32 Å². The second-order valence-electron chi connectivity index (χ2n) is 5.76. The number of rotatable bonds is 7. The molecular weight excluding hydrogens is 254 g/mol. The Labute approximate surface area is 120 Å². The Hall–Kier alpha value is -1.84. The molecule has 20 heavy (non-hydrogen) atoms. The number of carbonyl (C=O) groups excluding carboxylic acids is 1. The molecule has 0 unspecified atom stereocenters. The van der Waals surface area contributed by atoms with Crippen molar-refractivity contribution in [3.63, 3.8) is 0 Å². The van der Waals surface area contributed by atoms with E-state index in [1.165, 1.54) is 12.5 Å². The Morgan fingerprint density at radius 2 is 1.85 bits per heavy atom. The molecule has 0 aliphatic rings. The Balaban J connectivity index is 2.44. The molecule has 4 nitrogen and oxygen atoms in total. The quantitative estimate of drug-likeness (QED) is 0.805. The summed E-state index contributed by atoms with van der Waals surface area (Å²) in [5.41, 5.74) is 0.695. The van der Waals surface area contributed by atoms with E-state index in [9.17, 15) is 9.59 Å². The lowest BCUT2D eigenvalue weighted by molar-refractivity contribution is -0.143. The van der Waals surface area contributed by atoms with Crippen LogP contribution in [0.25, 0.3) is 0 Å². The second kappa shape index (κ2) is 7.08. The third-order valence-electron chi connectivity index (χ3n) is 3.44. The number of carboxylic acid groups (broad SMARTS) is 1. The van der Waals surface area contributed by atoms with E-state index in [1.54, 1.807) is 0 Å². The first-order valence-corrected chi connectivity index (χ1v) is 6.90. The first-order valence-electron chi connectivity index (χ1n) is 6.90. The number of aryl methyl sites for hydroxylation is 1. The van der Waals surface area contributed by atoms with Gasteiger partial charge < -0.3 is 10.4 Å². The van der Waals surface area contributed by atoms with Gasteiger partial charge in [-0.2, -0.15) is 0 Å². The van der Waals surface area contributed by atoms with Crippen molar-refractivity contribution in [1.29, 1.82) is 0 Å². The van der Waals surface area contributed by atoms with Crippen LogP contribution in [-0.4, -0.2) is 23.0 Å². The van der Waals surface area contributed by atoms with Crippen LogP contribution >= 0.6 is 0 Å². The molecule has 0 saturated heterocycles. The van der Waals surface area contributed by atoms with Gasteiger partial charge in [0.1, 0.15) is 6.04 Å². The lowest BCUT2D eigenvalue weighted by Gasteiger charge is -2.24. The summed E-state index contributed by atoms with van der Waals surface area (Å²) >= 11 is 0. The highest BCUT2D eigenvalue weighted by molar-refractivity contribution is 5.86. The lowest BCUT2D eigenvalue weighted by atomic mass is 9.85. The first-order chi connectivity index (χ1) is 9.33. The fraction of sp³-hybridized carbons (Fsp3) is 0.500. The minimum Gasteiger partial charge on any atom is -0.480 e. The van der Waals surface area contributed by atoms with Crippen molar-refractivity contribution in [2.45, 2.75) is 46.1 Å². The van der Waals surface area contributed by atoms with Gasteiger partial charge in [0.15, 0.2) is 0 Å². The molecule has 1 atom stereocenters. The Morgan fingerprint density at radius 3 is 2.40 bits per heavy atom. The zero-order chi connectivity index (χ0) is 15.2. The molecule has 0 radical (unpaired) electrons. The fourth-order valence-corrected chi connectivity index (χ4v) is 1.95.